The summed E-state index contributed by atoms with van der Waals surface area (Å²) in [5.41, 5.74) is 5.34. The molecular formula is C33H33ClN2O6. The summed E-state index contributed by atoms with van der Waals surface area (Å²) >= 11 is 6.41. The minimum atomic E-state index is -0.740. The number of allylic oxidation sites excluding steroid dienone is 3. The number of benzene rings is 3. The number of aromatic hydroxyl groups is 1. The Bertz CT molecular complexity index is 1640. The molecule has 1 heterocycles. The zero-order valence-electron chi connectivity index (χ0n) is 24.1. The van der Waals surface area contributed by atoms with Crippen LogP contribution in [0.15, 0.2) is 77.1 Å². The van der Waals surface area contributed by atoms with E-state index < -0.39 is 5.92 Å². The molecule has 1 aliphatic carbocycles. The molecule has 2 aliphatic rings. The molecule has 8 nitrogen and oxygen atoms in total. The predicted molar refractivity (Wildman–Crippen MR) is 162 cm³/mol. The van der Waals surface area contributed by atoms with Crippen LogP contribution in [0.5, 0.6) is 23.0 Å². The number of Topliss-reactive ketones (excluding diaryl/α,β-unsaturated/α-hetero) is 1. The van der Waals surface area contributed by atoms with E-state index in [0.717, 1.165) is 16.8 Å². The molecule has 9 heteroatoms. The van der Waals surface area contributed by atoms with Gasteiger partial charge >= 0.3 is 0 Å². The highest BCUT2D eigenvalue weighted by atomic mass is 35.5. The number of para-hydroxylation sites is 1. The summed E-state index contributed by atoms with van der Waals surface area (Å²) in [4.78, 5) is 28.0. The van der Waals surface area contributed by atoms with Crippen molar-refractivity contribution in [1.29, 1.82) is 0 Å². The number of ketones is 1. The molecule has 42 heavy (non-hydrogen) atoms. The number of carbonyl (C=O) groups is 2. The smallest absolute Gasteiger partial charge is 0.254 e. The van der Waals surface area contributed by atoms with E-state index in [1.165, 1.54) is 7.11 Å². The Morgan fingerprint density at radius 2 is 1.62 bits per heavy atom. The molecular weight excluding hydrogens is 556 g/mol. The molecule has 3 aromatic carbocycles. The van der Waals surface area contributed by atoms with Gasteiger partial charge in [0.2, 0.25) is 0 Å². The number of aryl methyl sites for hydroxylation is 1. The average Bonchev–Trinajstić information content (AvgIpc) is 2.98. The Kier molecular flexibility index (Phi) is 8.18. The fourth-order valence-corrected chi connectivity index (χ4v) is 6.05. The van der Waals surface area contributed by atoms with Gasteiger partial charge in [0.25, 0.3) is 5.91 Å². The first-order chi connectivity index (χ1) is 20.2. The highest BCUT2D eigenvalue weighted by Crippen LogP contribution is 2.48. The number of phenolic OH excluding ortho intramolecular Hbond substituents is 1. The third-order valence-corrected chi connectivity index (χ3v) is 8.24. The lowest BCUT2D eigenvalue weighted by Crippen LogP contribution is -2.37. The van der Waals surface area contributed by atoms with Crippen molar-refractivity contribution in [3.8, 4) is 23.0 Å². The molecule has 3 aromatic rings. The lowest BCUT2D eigenvalue weighted by atomic mass is 9.71. The number of amides is 1. The largest absolute Gasteiger partial charge is 0.503 e. The zero-order valence-corrected chi connectivity index (χ0v) is 24.9. The van der Waals surface area contributed by atoms with Crippen LogP contribution in [-0.4, -0.2) is 38.1 Å². The number of anilines is 1. The molecule has 3 N–H and O–H groups in total. The Morgan fingerprint density at radius 1 is 0.929 bits per heavy atom. The Morgan fingerprint density at radius 3 is 2.31 bits per heavy atom. The van der Waals surface area contributed by atoms with Crippen LogP contribution < -0.4 is 24.8 Å². The first kappa shape index (κ1) is 29.1. The lowest BCUT2D eigenvalue weighted by Gasteiger charge is -2.37. The van der Waals surface area contributed by atoms with Crippen LogP contribution in [0.4, 0.5) is 5.69 Å². The molecule has 0 saturated heterocycles. The second kappa shape index (κ2) is 11.8. The number of phenols is 1. The average molecular weight is 589 g/mol. The molecule has 2 atom stereocenters. The normalized spacial score (nSPS) is 18.3. The first-order valence-electron chi connectivity index (χ1n) is 13.6. The van der Waals surface area contributed by atoms with E-state index in [-0.39, 0.29) is 40.6 Å². The molecule has 0 aromatic heterocycles. The van der Waals surface area contributed by atoms with Gasteiger partial charge in [-0.2, -0.15) is 0 Å². The van der Waals surface area contributed by atoms with Gasteiger partial charge in [-0.05, 0) is 73.2 Å². The summed E-state index contributed by atoms with van der Waals surface area (Å²) in [5, 5.41) is 16.9. The number of hydrogen-bond donors (Lipinski definition) is 3. The topological polar surface area (TPSA) is 106 Å². The van der Waals surface area contributed by atoms with Crippen molar-refractivity contribution in [3.05, 3.63) is 98.9 Å². The maximum Gasteiger partial charge on any atom is 0.254 e. The highest BCUT2D eigenvalue weighted by molar-refractivity contribution is 6.32. The van der Waals surface area contributed by atoms with E-state index in [1.54, 1.807) is 26.4 Å². The van der Waals surface area contributed by atoms with Crippen LogP contribution in [0, 0.1) is 6.92 Å². The standard InChI is InChI=1S/C33H33ClN2O6/c1-17-8-6-7-9-23(17)36-33(39)29-18(2)35-24-13-20(19-10-11-26(40-3)27(15-19)41-4)14-25(37)31(24)30(29)21-12-22(34)32(38)28(16-21)42-5/h6-12,15-16,20,30,35,38H,13-14H2,1-5H3,(H,36,39)/t20-,30+/m0/s1. The van der Waals surface area contributed by atoms with Gasteiger partial charge in [0.05, 0.1) is 26.4 Å². The second-order valence-electron chi connectivity index (χ2n) is 10.5. The van der Waals surface area contributed by atoms with Crippen LogP contribution >= 0.6 is 11.6 Å². The van der Waals surface area contributed by atoms with Crippen molar-refractivity contribution in [1.82, 2.24) is 5.32 Å². The monoisotopic (exact) mass is 588 g/mol. The molecule has 0 saturated carbocycles. The number of hydrogen-bond acceptors (Lipinski definition) is 7. The summed E-state index contributed by atoms with van der Waals surface area (Å²) in [6, 6.07) is 16.4. The maximum absolute atomic E-state index is 14.0. The molecule has 5 rings (SSSR count). The Labute approximate surface area is 249 Å². The van der Waals surface area contributed by atoms with E-state index in [4.69, 9.17) is 25.8 Å². The van der Waals surface area contributed by atoms with Crippen LogP contribution in [0.3, 0.4) is 0 Å². The van der Waals surface area contributed by atoms with Crippen molar-refractivity contribution in [3.63, 3.8) is 0 Å². The fraction of sp³-hybridized carbons (Fsp3) is 0.273. The summed E-state index contributed by atoms with van der Waals surface area (Å²) in [7, 11) is 4.59. The van der Waals surface area contributed by atoms with Crippen molar-refractivity contribution in [2.75, 3.05) is 26.6 Å². The number of carbonyl (C=O) groups excluding carboxylic acids is 2. The Balaban J connectivity index is 1.61. The van der Waals surface area contributed by atoms with Crippen LogP contribution in [0.1, 0.15) is 48.3 Å². The summed E-state index contributed by atoms with van der Waals surface area (Å²) < 4.78 is 16.3. The minimum absolute atomic E-state index is 0.0628. The van der Waals surface area contributed by atoms with Gasteiger partial charge in [-0.1, -0.05) is 35.9 Å². The van der Waals surface area contributed by atoms with Crippen molar-refractivity contribution in [2.24, 2.45) is 0 Å². The predicted octanol–water partition coefficient (Wildman–Crippen LogP) is 6.38. The van der Waals surface area contributed by atoms with Crippen molar-refractivity contribution >= 4 is 29.0 Å². The van der Waals surface area contributed by atoms with E-state index in [9.17, 15) is 14.7 Å². The molecule has 0 fully saturated rings. The number of nitrogens with one attached hydrogen (secondary N) is 2. The summed E-state index contributed by atoms with van der Waals surface area (Å²) in [6.45, 7) is 3.74. The van der Waals surface area contributed by atoms with Crippen molar-refractivity contribution < 1.29 is 28.9 Å². The van der Waals surface area contributed by atoms with Gasteiger partial charge in [0.1, 0.15) is 0 Å². The van der Waals surface area contributed by atoms with Gasteiger partial charge in [0, 0.05) is 40.6 Å². The van der Waals surface area contributed by atoms with E-state index in [0.29, 0.717) is 46.0 Å². The molecule has 218 valence electrons. The molecule has 0 unspecified atom stereocenters. The van der Waals surface area contributed by atoms with Crippen molar-refractivity contribution in [2.45, 2.75) is 38.5 Å². The number of methoxy groups -OCH3 is 3. The number of dihydropyridines is 1. The van der Waals surface area contributed by atoms with Crippen LogP contribution in [0.25, 0.3) is 0 Å². The zero-order chi connectivity index (χ0) is 30.1. The first-order valence-corrected chi connectivity index (χ1v) is 13.9. The maximum atomic E-state index is 14.0. The van der Waals surface area contributed by atoms with Gasteiger partial charge in [-0.15, -0.1) is 0 Å². The molecule has 0 spiro atoms. The molecule has 1 amide bonds. The van der Waals surface area contributed by atoms with Gasteiger partial charge in [0.15, 0.2) is 28.8 Å². The van der Waals surface area contributed by atoms with Crippen LogP contribution in [0.2, 0.25) is 5.02 Å². The van der Waals surface area contributed by atoms with Gasteiger partial charge in [-0.25, -0.2) is 0 Å². The Hall–Kier alpha value is -4.43. The number of rotatable bonds is 7. The fourth-order valence-electron chi connectivity index (χ4n) is 5.83. The molecule has 0 bridgehead atoms. The molecule has 1 aliphatic heterocycles. The number of halogens is 1. The highest BCUT2D eigenvalue weighted by Gasteiger charge is 2.41. The SMILES string of the molecule is COc1ccc([C@@H]2CC(=O)C3=C(C2)NC(C)=C(C(=O)Nc2ccccc2C)[C@H]3c2cc(Cl)c(O)c(OC)c2)cc1OC. The third-order valence-electron chi connectivity index (χ3n) is 7.95. The molecule has 0 radical (unpaired) electrons. The van der Waals surface area contributed by atoms with Gasteiger partial charge in [-0.3, -0.25) is 9.59 Å². The van der Waals surface area contributed by atoms with E-state index in [2.05, 4.69) is 10.6 Å². The quantitative estimate of drug-likeness (QED) is 0.294. The van der Waals surface area contributed by atoms with E-state index in [1.807, 2.05) is 56.3 Å². The minimum Gasteiger partial charge on any atom is -0.503 e. The second-order valence-corrected chi connectivity index (χ2v) is 10.9. The summed E-state index contributed by atoms with van der Waals surface area (Å²) in [5.74, 6) is -0.140. The summed E-state index contributed by atoms with van der Waals surface area (Å²) in [6.07, 6.45) is 0.779. The van der Waals surface area contributed by atoms with E-state index >= 15 is 0 Å². The number of ether oxygens (including phenoxy) is 3. The van der Waals surface area contributed by atoms with Crippen LogP contribution in [-0.2, 0) is 9.59 Å². The lowest BCUT2D eigenvalue weighted by molar-refractivity contribution is -0.116. The van der Waals surface area contributed by atoms with Gasteiger partial charge < -0.3 is 30.0 Å². The third kappa shape index (κ3) is 5.30.